The third kappa shape index (κ3) is 2.31. The highest BCUT2D eigenvalue weighted by atomic mass is 19.1. The summed E-state index contributed by atoms with van der Waals surface area (Å²) < 4.78 is 18.1. The van der Waals surface area contributed by atoms with E-state index >= 15 is 0 Å². The third-order valence-corrected chi connectivity index (χ3v) is 2.60. The summed E-state index contributed by atoms with van der Waals surface area (Å²) in [5, 5.41) is 9.86. The smallest absolute Gasteiger partial charge is 0.132 e. The molecule has 1 heterocycles. The molecule has 0 saturated carbocycles. The Kier molecular flexibility index (Phi) is 3.06. The van der Waals surface area contributed by atoms with Crippen molar-refractivity contribution in [1.82, 2.24) is 0 Å². The minimum Gasteiger partial charge on any atom is -0.467 e. The van der Waals surface area contributed by atoms with Crippen LogP contribution in [0.15, 0.2) is 41.0 Å². The van der Waals surface area contributed by atoms with Crippen molar-refractivity contribution in [2.75, 3.05) is 0 Å². The fourth-order valence-electron chi connectivity index (χ4n) is 1.65. The molecule has 0 aliphatic rings. The highest BCUT2D eigenvalue weighted by Gasteiger charge is 2.12. The quantitative estimate of drug-likeness (QED) is 0.862. The second-order valence-electron chi connectivity index (χ2n) is 3.81. The van der Waals surface area contributed by atoms with Gasteiger partial charge in [0.25, 0.3) is 0 Å². The lowest BCUT2D eigenvalue weighted by Crippen LogP contribution is -2.02. The number of aliphatic hydroxyl groups is 1. The second kappa shape index (κ2) is 4.49. The van der Waals surface area contributed by atoms with Crippen LogP contribution in [0.1, 0.15) is 23.0 Å². The Hall–Kier alpha value is -1.61. The van der Waals surface area contributed by atoms with Gasteiger partial charge in [0.15, 0.2) is 0 Å². The molecule has 1 N–H and O–H groups in total. The summed E-state index contributed by atoms with van der Waals surface area (Å²) in [6, 6.07) is 8.00. The summed E-state index contributed by atoms with van der Waals surface area (Å²) in [5.41, 5.74) is 1.76. The summed E-state index contributed by atoms with van der Waals surface area (Å²) in [5.74, 6) is 0.218. The van der Waals surface area contributed by atoms with Crippen LogP contribution >= 0.6 is 0 Å². The van der Waals surface area contributed by atoms with Crippen molar-refractivity contribution in [3.8, 4) is 0 Å². The van der Waals surface area contributed by atoms with Crippen LogP contribution in [0.2, 0.25) is 0 Å². The van der Waals surface area contributed by atoms with Gasteiger partial charge in [0.2, 0.25) is 0 Å². The van der Waals surface area contributed by atoms with Crippen molar-refractivity contribution in [2.45, 2.75) is 19.4 Å². The Morgan fingerprint density at radius 2 is 2.19 bits per heavy atom. The lowest BCUT2D eigenvalue weighted by atomic mass is 10.0. The van der Waals surface area contributed by atoms with Gasteiger partial charge in [-0.15, -0.1) is 0 Å². The molecular weight excluding hydrogens is 207 g/mol. The Morgan fingerprint density at radius 3 is 2.88 bits per heavy atom. The average Bonchev–Trinajstić information content (AvgIpc) is 2.76. The molecular formula is C13H13FO2. The van der Waals surface area contributed by atoms with E-state index in [2.05, 4.69) is 0 Å². The van der Waals surface area contributed by atoms with Gasteiger partial charge >= 0.3 is 0 Å². The molecule has 0 spiro atoms. The van der Waals surface area contributed by atoms with Gasteiger partial charge in [-0.05, 0) is 42.3 Å². The first-order valence-corrected chi connectivity index (χ1v) is 5.13. The number of halogens is 1. The van der Waals surface area contributed by atoms with Gasteiger partial charge < -0.3 is 9.52 Å². The minimum absolute atomic E-state index is 0.285. The third-order valence-electron chi connectivity index (χ3n) is 2.60. The van der Waals surface area contributed by atoms with E-state index in [0.717, 1.165) is 11.1 Å². The molecule has 3 heteroatoms. The molecule has 1 aromatic carbocycles. The van der Waals surface area contributed by atoms with Crippen LogP contribution in [0.5, 0.6) is 0 Å². The normalized spacial score (nSPS) is 12.7. The van der Waals surface area contributed by atoms with Crippen LogP contribution in [0.4, 0.5) is 4.39 Å². The molecule has 0 radical (unpaired) electrons. The molecule has 16 heavy (non-hydrogen) atoms. The van der Waals surface area contributed by atoms with E-state index in [4.69, 9.17) is 4.42 Å². The Morgan fingerprint density at radius 1 is 1.38 bits per heavy atom. The van der Waals surface area contributed by atoms with Crippen molar-refractivity contribution in [1.29, 1.82) is 0 Å². The van der Waals surface area contributed by atoms with E-state index < -0.39 is 6.10 Å². The van der Waals surface area contributed by atoms with Crippen molar-refractivity contribution >= 4 is 0 Å². The summed E-state index contributed by atoms with van der Waals surface area (Å²) in [6.45, 7) is 1.89. The van der Waals surface area contributed by atoms with Gasteiger partial charge in [-0.3, -0.25) is 0 Å². The number of benzene rings is 1. The Bertz CT molecular complexity index is 463. The van der Waals surface area contributed by atoms with Crippen LogP contribution < -0.4 is 0 Å². The minimum atomic E-state index is -0.726. The zero-order chi connectivity index (χ0) is 11.5. The molecule has 0 amide bonds. The van der Waals surface area contributed by atoms with E-state index in [1.54, 1.807) is 18.2 Å². The van der Waals surface area contributed by atoms with Gasteiger partial charge in [-0.2, -0.15) is 0 Å². The van der Waals surface area contributed by atoms with Crippen LogP contribution in [-0.2, 0) is 6.42 Å². The lowest BCUT2D eigenvalue weighted by Gasteiger charge is -2.10. The first-order valence-electron chi connectivity index (χ1n) is 5.13. The zero-order valence-corrected chi connectivity index (χ0v) is 8.98. The van der Waals surface area contributed by atoms with Crippen LogP contribution in [0, 0.1) is 12.7 Å². The van der Waals surface area contributed by atoms with E-state index in [1.165, 1.54) is 18.4 Å². The number of aryl methyl sites for hydroxylation is 1. The molecule has 0 bridgehead atoms. The van der Waals surface area contributed by atoms with Gasteiger partial charge in [0, 0.05) is 6.42 Å². The molecule has 1 aromatic heterocycles. The molecule has 84 valence electrons. The summed E-state index contributed by atoms with van der Waals surface area (Å²) >= 11 is 0. The maximum absolute atomic E-state index is 13.0. The van der Waals surface area contributed by atoms with Crippen molar-refractivity contribution in [3.63, 3.8) is 0 Å². The van der Waals surface area contributed by atoms with E-state index in [9.17, 15) is 9.50 Å². The molecule has 2 nitrogen and oxygen atoms in total. The Labute approximate surface area is 93.3 Å². The Balaban J connectivity index is 2.17. The van der Waals surface area contributed by atoms with Crippen molar-refractivity contribution in [3.05, 3.63) is 59.3 Å². The number of hydrogen-bond donors (Lipinski definition) is 1. The predicted octanol–water partition coefficient (Wildman–Crippen LogP) is 3.00. The van der Waals surface area contributed by atoms with Gasteiger partial charge in [0.05, 0.1) is 6.26 Å². The average molecular weight is 220 g/mol. The largest absolute Gasteiger partial charge is 0.467 e. The monoisotopic (exact) mass is 220 g/mol. The highest BCUT2D eigenvalue weighted by Crippen LogP contribution is 2.21. The SMILES string of the molecule is Cc1ccc(F)cc1CC(O)c1ccco1. The van der Waals surface area contributed by atoms with E-state index in [0.29, 0.717) is 12.2 Å². The summed E-state index contributed by atoms with van der Waals surface area (Å²) in [4.78, 5) is 0. The maximum Gasteiger partial charge on any atom is 0.132 e. The van der Waals surface area contributed by atoms with Crippen molar-refractivity contribution in [2.24, 2.45) is 0 Å². The number of aliphatic hydroxyl groups excluding tert-OH is 1. The molecule has 2 aromatic rings. The lowest BCUT2D eigenvalue weighted by molar-refractivity contribution is 0.150. The first kappa shape index (κ1) is 10.9. The zero-order valence-electron chi connectivity index (χ0n) is 8.98. The standard InChI is InChI=1S/C13H13FO2/c1-9-4-5-11(14)7-10(9)8-12(15)13-3-2-6-16-13/h2-7,12,15H,8H2,1H3. The number of furan rings is 1. The van der Waals surface area contributed by atoms with Gasteiger partial charge in [-0.25, -0.2) is 4.39 Å². The van der Waals surface area contributed by atoms with E-state index in [1.807, 2.05) is 6.92 Å². The molecule has 0 saturated heterocycles. The fraction of sp³-hybridized carbons (Fsp3) is 0.231. The fourth-order valence-corrected chi connectivity index (χ4v) is 1.65. The summed E-state index contributed by atoms with van der Waals surface area (Å²) in [7, 11) is 0. The highest BCUT2D eigenvalue weighted by molar-refractivity contribution is 5.27. The first-order chi connectivity index (χ1) is 7.66. The van der Waals surface area contributed by atoms with Gasteiger partial charge in [-0.1, -0.05) is 6.07 Å². The maximum atomic E-state index is 13.0. The molecule has 1 atom stereocenters. The number of hydrogen-bond acceptors (Lipinski definition) is 2. The molecule has 0 aliphatic heterocycles. The predicted molar refractivity (Wildman–Crippen MR) is 58.5 cm³/mol. The topological polar surface area (TPSA) is 33.4 Å². The van der Waals surface area contributed by atoms with Crippen LogP contribution in [0.3, 0.4) is 0 Å². The van der Waals surface area contributed by atoms with Gasteiger partial charge in [0.1, 0.15) is 17.7 Å². The molecule has 0 fully saturated rings. The van der Waals surface area contributed by atoms with E-state index in [-0.39, 0.29) is 5.82 Å². The molecule has 1 unspecified atom stereocenters. The molecule has 2 rings (SSSR count). The van der Waals surface area contributed by atoms with Crippen LogP contribution in [0.25, 0.3) is 0 Å². The van der Waals surface area contributed by atoms with Crippen molar-refractivity contribution < 1.29 is 13.9 Å². The number of rotatable bonds is 3. The second-order valence-corrected chi connectivity index (χ2v) is 3.81. The van der Waals surface area contributed by atoms with Crippen LogP contribution in [-0.4, -0.2) is 5.11 Å². The summed E-state index contributed by atoms with van der Waals surface area (Å²) in [6.07, 6.45) is 1.14. The molecule has 0 aliphatic carbocycles.